The summed E-state index contributed by atoms with van der Waals surface area (Å²) in [7, 11) is -0.825. The maximum Gasteiger partial charge on any atom is 0.420 e. The van der Waals surface area contributed by atoms with Gasteiger partial charge in [0.15, 0.2) is 5.58 Å². The van der Waals surface area contributed by atoms with E-state index in [9.17, 15) is 18.0 Å². The van der Waals surface area contributed by atoms with Crippen molar-refractivity contribution in [2.45, 2.75) is 24.8 Å². The Morgan fingerprint density at radius 2 is 1.71 bits per heavy atom. The molecule has 4 rings (SSSR count). The van der Waals surface area contributed by atoms with Crippen LogP contribution in [0.4, 0.5) is 0 Å². The number of aromatic nitrogens is 1. The van der Waals surface area contributed by atoms with Crippen LogP contribution in [0.25, 0.3) is 11.1 Å². The van der Waals surface area contributed by atoms with Gasteiger partial charge >= 0.3 is 5.76 Å². The van der Waals surface area contributed by atoms with Crippen LogP contribution in [0, 0.1) is 0 Å². The van der Waals surface area contributed by atoms with E-state index >= 15 is 0 Å². The van der Waals surface area contributed by atoms with Crippen molar-refractivity contribution in [1.82, 2.24) is 13.8 Å². The van der Waals surface area contributed by atoms with Crippen LogP contribution in [-0.2, 0) is 10.0 Å². The van der Waals surface area contributed by atoms with Crippen LogP contribution >= 0.6 is 0 Å². The zero-order valence-corrected chi connectivity index (χ0v) is 20.3. The monoisotopic (exact) mass is 489 g/mol. The SMILES string of the molecule is COc1ccc(C(=O)N2CCN(S(=O)(=O)c3ccc4c(c3)oc(=O)n4C(C)C)CC2)c(OC)c1. The van der Waals surface area contributed by atoms with Gasteiger partial charge in [-0.1, -0.05) is 0 Å². The number of rotatable bonds is 6. The predicted octanol–water partition coefficient (Wildman–Crippen LogP) is 2.34. The van der Waals surface area contributed by atoms with Crippen molar-refractivity contribution in [3.05, 3.63) is 52.5 Å². The molecule has 0 saturated carbocycles. The number of sulfonamides is 1. The van der Waals surface area contributed by atoms with Crippen molar-refractivity contribution in [1.29, 1.82) is 0 Å². The number of piperazine rings is 1. The minimum Gasteiger partial charge on any atom is -0.497 e. The molecular weight excluding hydrogens is 462 g/mol. The van der Waals surface area contributed by atoms with Crippen molar-refractivity contribution in [2.75, 3.05) is 40.4 Å². The van der Waals surface area contributed by atoms with Crippen molar-refractivity contribution in [2.24, 2.45) is 0 Å². The Kier molecular flexibility index (Phi) is 6.41. The molecule has 0 N–H and O–H groups in total. The van der Waals surface area contributed by atoms with E-state index in [1.54, 1.807) is 29.2 Å². The molecular formula is C23H27N3O7S. The highest BCUT2D eigenvalue weighted by atomic mass is 32.2. The first-order chi connectivity index (χ1) is 16.2. The van der Waals surface area contributed by atoms with Gasteiger partial charge in [-0.25, -0.2) is 13.2 Å². The lowest BCUT2D eigenvalue weighted by Crippen LogP contribution is -2.50. The summed E-state index contributed by atoms with van der Waals surface area (Å²) in [4.78, 5) is 26.8. The molecule has 0 radical (unpaired) electrons. The fraction of sp³-hybridized carbons (Fsp3) is 0.391. The normalized spacial score (nSPS) is 15.1. The molecule has 0 aliphatic carbocycles. The standard InChI is InChI=1S/C23H27N3O7S/c1-15(2)26-19-8-6-17(14-21(19)33-23(26)28)34(29,30)25-11-9-24(10-12-25)22(27)18-7-5-16(31-3)13-20(18)32-4/h5-8,13-15H,9-12H2,1-4H3. The maximum absolute atomic E-state index is 13.2. The highest BCUT2D eigenvalue weighted by Gasteiger charge is 2.32. The van der Waals surface area contributed by atoms with Gasteiger partial charge in [0.1, 0.15) is 11.5 Å². The zero-order chi connectivity index (χ0) is 24.6. The van der Waals surface area contributed by atoms with Gasteiger partial charge in [0, 0.05) is 44.4 Å². The minimum atomic E-state index is -3.83. The molecule has 1 aliphatic heterocycles. The van der Waals surface area contributed by atoms with E-state index in [1.165, 1.54) is 35.2 Å². The van der Waals surface area contributed by atoms with Crippen LogP contribution in [0.5, 0.6) is 11.5 Å². The highest BCUT2D eigenvalue weighted by Crippen LogP contribution is 2.27. The first kappa shape index (κ1) is 23.8. The predicted molar refractivity (Wildman–Crippen MR) is 125 cm³/mol. The van der Waals surface area contributed by atoms with Crippen LogP contribution in [0.2, 0.25) is 0 Å². The van der Waals surface area contributed by atoms with Crippen molar-refractivity contribution >= 4 is 27.0 Å². The lowest BCUT2D eigenvalue weighted by molar-refractivity contribution is 0.0694. The molecule has 2 aromatic carbocycles. The lowest BCUT2D eigenvalue weighted by Gasteiger charge is -2.34. The molecule has 1 aromatic heterocycles. The first-order valence-electron chi connectivity index (χ1n) is 10.8. The number of hydrogen-bond acceptors (Lipinski definition) is 7. The van der Waals surface area contributed by atoms with Crippen molar-refractivity contribution in [3.8, 4) is 11.5 Å². The van der Waals surface area contributed by atoms with E-state index in [2.05, 4.69) is 0 Å². The number of amides is 1. The lowest BCUT2D eigenvalue weighted by atomic mass is 10.1. The number of carbonyl (C=O) groups excluding carboxylic acids is 1. The van der Waals surface area contributed by atoms with Crippen LogP contribution < -0.4 is 15.2 Å². The number of carbonyl (C=O) groups is 1. The van der Waals surface area contributed by atoms with Crippen LogP contribution in [0.15, 0.2) is 50.5 Å². The van der Waals surface area contributed by atoms with Crippen LogP contribution in [0.1, 0.15) is 30.2 Å². The molecule has 1 fully saturated rings. The number of hydrogen-bond donors (Lipinski definition) is 0. The summed E-state index contributed by atoms with van der Waals surface area (Å²) in [6, 6.07) is 9.27. The first-order valence-corrected chi connectivity index (χ1v) is 12.3. The van der Waals surface area contributed by atoms with E-state index in [0.29, 0.717) is 22.6 Å². The molecule has 0 bridgehead atoms. The number of oxazole rings is 1. The molecule has 11 heteroatoms. The van der Waals surface area contributed by atoms with Gasteiger partial charge in [0.05, 0.1) is 30.2 Å². The molecule has 3 aromatic rings. The number of fused-ring (bicyclic) bond motifs is 1. The van der Waals surface area contributed by atoms with Crippen LogP contribution in [0.3, 0.4) is 0 Å². The van der Waals surface area contributed by atoms with Crippen molar-refractivity contribution < 1.29 is 27.1 Å². The van der Waals surface area contributed by atoms with Gasteiger partial charge in [-0.2, -0.15) is 4.31 Å². The Morgan fingerprint density at radius 3 is 2.32 bits per heavy atom. The molecule has 1 aliphatic rings. The number of methoxy groups -OCH3 is 2. The third-order valence-corrected chi connectivity index (χ3v) is 7.80. The third kappa shape index (κ3) is 4.16. The van der Waals surface area contributed by atoms with E-state index in [1.807, 2.05) is 13.8 Å². The van der Waals surface area contributed by atoms with Gasteiger partial charge in [-0.15, -0.1) is 0 Å². The maximum atomic E-state index is 13.2. The van der Waals surface area contributed by atoms with Gasteiger partial charge in [0.2, 0.25) is 10.0 Å². The molecule has 34 heavy (non-hydrogen) atoms. The average molecular weight is 490 g/mol. The van der Waals surface area contributed by atoms with Gasteiger partial charge in [0.25, 0.3) is 5.91 Å². The quantitative estimate of drug-likeness (QED) is 0.522. The summed E-state index contributed by atoms with van der Waals surface area (Å²) >= 11 is 0. The summed E-state index contributed by atoms with van der Waals surface area (Å²) in [5.41, 5.74) is 1.15. The fourth-order valence-corrected chi connectivity index (χ4v) is 5.53. The highest BCUT2D eigenvalue weighted by molar-refractivity contribution is 7.89. The Labute approximate surface area is 197 Å². The number of nitrogens with zero attached hydrogens (tertiary/aromatic N) is 3. The Bertz CT molecular complexity index is 1380. The molecule has 0 atom stereocenters. The van der Waals surface area contributed by atoms with E-state index in [0.717, 1.165) is 0 Å². The van der Waals surface area contributed by atoms with Crippen molar-refractivity contribution in [3.63, 3.8) is 0 Å². The largest absolute Gasteiger partial charge is 0.497 e. The molecule has 10 nitrogen and oxygen atoms in total. The van der Waals surface area contributed by atoms with E-state index in [4.69, 9.17) is 13.9 Å². The van der Waals surface area contributed by atoms with Gasteiger partial charge in [-0.05, 0) is 38.1 Å². The number of benzene rings is 2. The average Bonchev–Trinajstić information content (AvgIpc) is 3.18. The summed E-state index contributed by atoms with van der Waals surface area (Å²) in [5, 5.41) is 0. The van der Waals surface area contributed by atoms with Crippen LogP contribution in [-0.4, -0.2) is 68.5 Å². The Hall–Kier alpha value is -3.31. The molecule has 0 unspecified atom stereocenters. The third-order valence-electron chi connectivity index (χ3n) is 5.90. The van der Waals surface area contributed by atoms with Gasteiger partial charge in [-0.3, -0.25) is 9.36 Å². The summed E-state index contributed by atoms with van der Waals surface area (Å²) in [6.07, 6.45) is 0. The summed E-state index contributed by atoms with van der Waals surface area (Å²) in [5.74, 6) is 0.193. The second-order valence-electron chi connectivity index (χ2n) is 8.22. The van der Waals surface area contributed by atoms with E-state index < -0.39 is 15.8 Å². The minimum absolute atomic E-state index is 0.0428. The summed E-state index contributed by atoms with van der Waals surface area (Å²) in [6.45, 7) is 4.44. The molecule has 1 saturated heterocycles. The Morgan fingerprint density at radius 1 is 1.00 bits per heavy atom. The zero-order valence-electron chi connectivity index (χ0n) is 19.5. The van der Waals surface area contributed by atoms with E-state index in [-0.39, 0.29) is 48.6 Å². The smallest absolute Gasteiger partial charge is 0.420 e. The molecule has 0 spiro atoms. The number of ether oxygens (including phenoxy) is 2. The second kappa shape index (κ2) is 9.15. The Balaban J connectivity index is 1.52. The summed E-state index contributed by atoms with van der Waals surface area (Å²) < 4.78 is 45.1. The molecule has 182 valence electrons. The second-order valence-corrected chi connectivity index (χ2v) is 10.2. The molecule has 1 amide bonds. The van der Waals surface area contributed by atoms with Gasteiger partial charge < -0.3 is 18.8 Å². The topological polar surface area (TPSA) is 111 Å². The molecule has 2 heterocycles. The fourth-order valence-electron chi connectivity index (χ4n) is 4.09.